The van der Waals surface area contributed by atoms with Gasteiger partial charge in [0.15, 0.2) is 0 Å². The summed E-state index contributed by atoms with van der Waals surface area (Å²) in [7, 11) is 0. The Morgan fingerprint density at radius 2 is 2.06 bits per heavy atom. The summed E-state index contributed by atoms with van der Waals surface area (Å²) in [5, 5.41) is 11.2. The molecule has 0 aliphatic carbocycles. The van der Waals surface area contributed by atoms with Crippen molar-refractivity contribution in [2.45, 2.75) is 32.9 Å². The van der Waals surface area contributed by atoms with Crippen molar-refractivity contribution in [3.8, 4) is 0 Å². The summed E-state index contributed by atoms with van der Waals surface area (Å²) in [5.41, 5.74) is 8.65. The summed E-state index contributed by atoms with van der Waals surface area (Å²) in [6.45, 7) is 4.29. The Morgan fingerprint density at radius 1 is 1.39 bits per heavy atom. The molecule has 0 heterocycles. The van der Waals surface area contributed by atoms with Gasteiger partial charge >= 0.3 is 5.97 Å². The highest BCUT2D eigenvalue weighted by atomic mass is 16.4. The van der Waals surface area contributed by atoms with Gasteiger partial charge in [0.2, 0.25) is 5.91 Å². The van der Waals surface area contributed by atoms with Crippen LogP contribution in [0.25, 0.3) is 0 Å². The monoisotopic (exact) mass is 250 g/mol. The van der Waals surface area contributed by atoms with Crippen LogP contribution in [0, 0.1) is 13.8 Å². The fourth-order valence-electron chi connectivity index (χ4n) is 1.58. The molecule has 0 fully saturated rings. The van der Waals surface area contributed by atoms with E-state index < -0.39 is 17.9 Å². The zero-order chi connectivity index (χ0) is 13.7. The van der Waals surface area contributed by atoms with Gasteiger partial charge in [-0.2, -0.15) is 0 Å². The number of aliphatic carboxylic acids is 1. The molecule has 1 aromatic carbocycles. The van der Waals surface area contributed by atoms with E-state index in [1.807, 2.05) is 32.0 Å². The van der Waals surface area contributed by atoms with Gasteiger partial charge in [-0.25, -0.2) is 0 Å². The van der Waals surface area contributed by atoms with Gasteiger partial charge in [-0.15, -0.1) is 0 Å². The summed E-state index contributed by atoms with van der Waals surface area (Å²) in [5.74, 6) is -1.53. The van der Waals surface area contributed by atoms with E-state index in [4.69, 9.17) is 10.8 Å². The first-order chi connectivity index (χ1) is 8.40. The van der Waals surface area contributed by atoms with Crippen LogP contribution in [0.3, 0.4) is 0 Å². The van der Waals surface area contributed by atoms with E-state index in [1.54, 1.807) is 0 Å². The molecule has 5 nitrogen and oxygen atoms in total. The Morgan fingerprint density at radius 3 is 2.67 bits per heavy atom. The minimum Gasteiger partial charge on any atom is -0.481 e. The van der Waals surface area contributed by atoms with Crippen molar-refractivity contribution in [3.63, 3.8) is 0 Å². The number of hydrogen-bond donors (Lipinski definition) is 3. The first-order valence-corrected chi connectivity index (χ1v) is 5.71. The first kappa shape index (κ1) is 14.2. The van der Waals surface area contributed by atoms with Gasteiger partial charge in [0, 0.05) is 6.54 Å². The van der Waals surface area contributed by atoms with E-state index >= 15 is 0 Å². The van der Waals surface area contributed by atoms with Gasteiger partial charge in [0.25, 0.3) is 0 Å². The van der Waals surface area contributed by atoms with E-state index in [0.29, 0.717) is 6.54 Å². The van der Waals surface area contributed by atoms with E-state index in [1.165, 1.54) is 0 Å². The molecule has 0 aliphatic heterocycles. The Kier molecular flexibility index (Phi) is 4.85. The smallest absolute Gasteiger partial charge is 0.305 e. The Bertz CT molecular complexity index is 458. The third kappa shape index (κ3) is 4.18. The molecule has 0 bridgehead atoms. The lowest BCUT2D eigenvalue weighted by Gasteiger charge is -2.12. The summed E-state index contributed by atoms with van der Waals surface area (Å²) < 4.78 is 0. The van der Waals surface area contributed by atoms with Crippen LogP contribution in [-0.4, -0.2) is 23.0 Å². The van der Waals surface area contributed by atoms with Crippen LogP contribution in [0.5, 0.6) is 0 Å². The van der Waals surface area contributed by atoms with Crippen molar-refractivity contribution < 1.29 is 14.7 Å². The molecule has 98 valence electrons. The number of aryl methyl sites for hydroxylation is 2. The molecule has 1 unspecified atom stereocenters. The minimum absolute atomic E-state index is 0.361. The standard InChI is InChI=1S/C13H18N2O3/c1-8-3-4-9(2)10(5-8)7-15-13(18)11(14)6-12(16)17/h3-5,11H,6-7,14H2,1-2H3,(H,15,18)(H,16,17). The van der Waals surface area contributed by atoms with E-state index in [-0.39, 0.29) is 6.42 Å². The summed E-state index contributed by atoms with van der Waals surface area (Å²) >= 11 is 0. The fraction of sp³-hybridized carbons (Fsp3) is 0.385. The molecule has 0 aliphatic rings. The molecular weight excluding hydrogens is 232 g/mol. The number of carbonyl (C=O) groups excluding carboxylic acids is 1. The molecule has 1 atom stereocenters. The largest absolute Gasteiger partial charge is 0.481 e. The number of hydrogen-bond acceptors (Lipinski definition) is 3. The second-order valence-corrected chi connectivity index (χ2v) is 4.35. The number of nitrogens with one attached hydrogen (secondary N) is 1. The van der Waals surface area contributed by atoms with Crippen molar-refractivity contribution in [2.75, 3.05) is 0 Å². The normalized spacial score (nSPS) is 11.9. The van der Waals surface area contributed by atoms with Crippen LogP contribution >= 0.6 is 0 Å². The Balaban J connectivity index is 2.57. The number of carboxylic acids is 1. The molecule has 1 amide bonds. The van der Waals surface area contributed by atoms with Crippen LogP contribution in [0.15, 0.2) is 18.2 Å². The number of benzene rings is 1. The molecule has 0 saturated carbocycles. The number of carbonyl (C=O) groups is 2. The minimum atomic E-state index is -1.08. The maximum atomic E-state index is 11.5. The molecule has 0 spiro atoms. The molecule has 0 aromatic heterocycles. The average molecular weight is 250 g/mol. The van der Waals surface area contributed by atoms with Crippen LogP contribution in [0.1, 0.15) is 23.1 Å². The topological polar surface area (TPSA) is 92.4 Å². The summed E-state index contributed by atoms with van der Waals surface area (Å²) in [6.07, 6.45) is -0.362. The number of rotatable bonds is 5. The quantitative estimate of drug-likeness (QED) is 0.718. The SMILES string of the molecule is Cc1ccc(C)c(CNC(=O)C(N)CC(=O)O)c1. The third-order valence-electron chi connectivity index (χ3n) is 2.69. The molecule has 0 radical (unpaired) electrons. The molecule has 1 rings (SSSR count). The summed E-state index contributed by atoms with van der Waals surface area (Å²) in [6, 6.07) is 4.95. The Hall–Kier alpha value is -1.88. The van der Waals surface area contributed by atoms with E-state index in [0.717, 1.165) is 16.7 Å². The lowest BCUT2D eigenvalue weighted by Crippen LogP contribution is -2.41. The van der Waals surface area contributed by atoms with Crippen molar-refractivity contribution >= 4 is 11.9 Å². The molecule has 0 saturated heterocycles. The molecule has 4 N–H and O–H groups in total. The molecule has 5 heteroatoms. The zero-order valence-corrected chi connectivity index (χ0v) is 10.6. The van der Waals surface area contributed by atoms with E-state index in [9.17, 15) is 9.59 Å². The van der Waals surface area contributed by atoms with Crippen LogP contribution in [0.2, 0.25) is 0 Å². The first-order valence-electron chi connectivity index (χ1n) is 5.71. The predicted molar refractivity (Wildman–Crippen MR) is 68.0 cm³/mol. The van der Waals surface area contributed by atoms with Crippen molar-refractivity contribution in [1.82, 2.24) is 5.32 Å². The second-order valence-electron chi connectivity index (χ2n) is 4.35. The predicted octanol–water partition coefficient (Wildman–Crippen LogP) is 0.722. The van der Waals surface area contributed by atoms with Crippen LogP contribution < -0.4 is 11.1 Å². The highest BCUT2D eigenvalue weighted by Gasteiger charge is 2.16. The van der Waals surface area contributed by atoms with Crippen molar-refractivity contribution in [1.29, 1.82) is 0 Å². The molecular formula is C13H18N2O3. The van der Waals surface area contributed by atoms with Crippen molar-refractivity contribution in [3.05, 3.63) is 34.9 Å². The van der Waals surface area contributed by atoms with Crippen LogP contribution in [0.4, 0.5) is 0 Å². The van der Waals surface area contributed by atoms with Gasteiger partial charge in [-0.3, -0.25) is 9.59 Å². The number of carboxylic acid groups (broad SMARTS) is 1. The molecule has 1 aromatic rings. The lowest BCUT2D eigenvalue weighted by molar-refractivity contribution is -0.139. The summed E-state index contributed by atoms with van der Waals surface area (Å²) in [4.78, 5) is 22.0. The van der Waals surface area contributed by atoms with Gasteiger partial charge in [-0.1, -0.05) is 23.8 Å². The average Bonchev–Trinajstić information content (AvgIpc) is 2.29. The molecule has 18 heavy (non-hydrogen) atoms. The third-order valence-corrected chi connectivity index (χ3v) is 2.69. The second kappa shape index (κ2) is 6.16. The maximum Gasteiger partial charge on any atom is 0.305 e. The van der Waals surface area contributed by atoms with E-state index in [2.05, 4.69) is 5.32 Å². The van der Waals surface area contributed by atoms with Gasteiger partial charge in [-0.05, 0) is 25.0 Å². The fourth-order valence-corrected chi connectivity index (χ4v) is 1.58. The highest BCUT2D eigenvalue weighted by molar-refractivity contribution is 5.85. The number of nitrogens with two attached hydrogens (primary N) is 1. The zero-order valence-electron chi connectivity index (χ0n) is 10.6. The Labute approximate surface area is 106 Å². The lowest BCUT2D eigenvalue weighted by atomic mass is 10.1. The van der Waals surface area contributed by atoms with Crippen LogP contribution in [-0.2, 0) is 16.1 Å². The highest BCUT2D eigenvalue weighted by Crippen LogP contribution is 2.10. The van der Waals surface area contributed by atoms with Gasteiger partial charge in [0.05, 0.1) is 12.5 Å². The van der Waals surface area contributed by atoms with Crippen molar-refractivity contribution in [2.24, 2.45) is 5.73 Å². The number of amides is 1. The van der Waals surface area contributed by atoms with Gasteiger partial charge in [0.1, 0.15) is 0 Å². The maximum absolute atomic E-state index is 11.5. The van der Waals surface area contributed by atoms with Gasteiger partial charge < -0.3 is 16.2 Å².